The Bertz CT molecular complexity index is 582. The van der Waals surface area contributed by atoms with Gasteiger partial charge in [0.2, 0.25) is 11.8 Å². The molecule has 1 aromatic rings. The second-order valence-electron chi connectivity index (χ2n) is 8.07. The second kappa shape index (κ2) is 11.1. The van der Waals surface area contributed by atoms with E-state index in [9.17, 15) is 9.59 Å². The van der Waals surface area contributed by atoms with Crippen molar-refractivity contribution in [1.29, 1.82) is 0 Å². The average molecular weight is 374 g/mol. The molecule has 0 heterocycles. The first kappa shape index (κ1) is 21.4. The maximum Gasteiger partial charge on any atom is 0.237 e. The molecule has 27 heavy (non-hydrogen) atoms. The highest BCUT2D eigenvalue weighted by Gasteiger charge is 2.22. The molecular formula is C22H35N3O2. The molecular weight excluding hydrogens is 338 g/mol. The van der Waals surface area contributed by atoms with E-state index < -0.39 is 0 Å². The SMILES string of the molecule is CC(C)N(Cc1ccccc1)C(=O)CN(CCC1CCCCC1)CC(N)=O. The van der Waals surface area contributed by atoms with E-state index in [4.69, 9.17) is 5.73 Å². The molecule has 0 atom stereocenters. The van der Waals surface area contributed by atoms with Gasteiger partial charge in [-0.15, -0.1) is 0 Å². The maximum atomic E-state index is 13.0. The number of benzene rings is 1. The summed E-state index contributed by atoms with van der Waals surface area (Å²) in [6, 6.07) is 10.1. The van der Waals surface area contributed by atoms with Gasteiger partial charge in [-0.05, 0) is 38.3 Å². The lowest BCUT2D eigenvalue weighted by atomic mass is 9.87. The van der Waals surface area contributed by atoms with Crippen LogP contribution in [0.2, 0.25) is 0 Å². The third-order valence-electron chi connectivity index (χ3n) is 5.46. The number of primary amides is 1. The van der Waals surface area contributed by atoms with Gasteiger partial charge < -0.3 is 10.6 Å². The van der Waals surface area contributed by atoms with Crippen LogP contribution in [0, 0.1) is 5.92 Å². The van der Waals surface area contributed by atoms with E-state index in [1.807, 2.05) is 54.0 Å². The van der Waals surface area contributed by atoms with Crippen LogP contribution in [-0.4, -0.2) is 47.3 Å². The van der Waals surface area contributed by atoms with Gasteiger partial charge in [-0.1, -0.05) is 62.4 Å². The lowest BCUT2D eigenvalue weighted by Crippen LogP contribution is -2.46. The van der Waals surface area contributed by atoms with Crippen LogP contribution in [0.1, 0.15) is 57.9 Å². The molecule has 0 saturated heterocycles. The summed E-state index contributed by atoms with van der Waals surface area (Å²) in [6.07, 6.45) is 7.52. The molecule has 0 aliphatic heterocycles. The number of carbonyl (C=O) groups excluding carboxylic acids is 2. The highest BCUT2D eigenvalue weighted by molar-refractivity contribution is 5.80. The molecule has 1 aliphatic rings. The molecule has 0 unspecified atom stereocenters. The predicted molar refractivity (Wildman–Crippen MR) is 109 cm³/mol. The summed E-state index contributed by atoms with van der Waals surface area (Å²) >= 11 is 0. The van der Waals surface area contributed by atoms with Crippen molar-refractivity contribution >= 4 is 11.8 Å². The van der Waals surface area contributed by atoms with Crippen LogP contribution in [0.3, 0.4) is 0 Å². The standard InChI is InChI=1S/C22H35N3O2/c1-18(2)25(15-20-11-7-4-8-12-20)22(27)17-24(16-21(23)26)14-13-19-9-5-3-6-10-19/h4,7-8,11-12,18-19H,3,5-6,9-10,13-17H2,1-2H3,(H2,23,26). The lowest BCUT2D eigenvalue weighted by Gasteiger charge is -2.31. The fourth-order valence-corrected chi connectivity index (χ4v) is 3.90. The average Bonchev–Trinajstić information content (AvgIpc) is 2.65. The van der Waals surface area contributed by atoms with E-state index in [2.05, 4.69) is 0 Å². The van der Waals surface area contributed by atoms with Gasteiger partial charge >= 0.3 is 0 Å². The van der Waals surface area contributed by atoms with E-state index in [1.165, 1.54) is 32.1 Å². The Morgan fingerprint density at radius 3 is 2.33 bits per heavy atom. The molecule has 5 nitrogen and oxygen atoms in total. The molecule has 1 aliphatic carbocycles. The first-order valence-corrected chi connectivity index (χ1v) is 10.3. The van der Waals surface area contributed by atoms with Crippen LogP contribution in [0.5, 0.6) is 0 Å². The van der Waals surface area contributed by atoms with Crippen molar-refractivity contribution in [2.24, 2.45) is 11.7 Å². The van der Waals surface area contributed by atoms with E-state index >= 15 is 0 Å². The predicted octanol–water partition coefficient (Wildman–Crippen LogP) is 3.18. The van der Waals surface area contributed by atoms with Crippen molar-refractivity contribution in [3.63, 3.8) is 0 Å². The van der Waals surface area contributed by atoms with Crippen LogP contribution in [0.4, 0.5) is 0 Å². The minimum absolute atomic E-state index is 0.0544. The van der Waals surface area contributed by atoms with Gasteiger partial charge in [-0.25, -0.2) is 0 Å². The number of hydrogen-bond donors (Lipinski definition) is 1. The summed E-state index contributed by atoms with van der Waals surface area (Å²) in [5.74, 6) is 0.402. The minimum Gasteiger partial charge on any atom is -0.369 e. The van der Waals surface area contributed by atoms with Gasteiger partial charge in [0, 0.05) is 12.6 Å². The van der Waals surface area contributed by atoms with Crippen LogP contribution in [0.25, 0.3) is 0 Å². The smallest absolute Gasteiger partial charge is 0.237 e. The Labute approximate surface area is 163 Å². The number of carbonyl (C=O) groups is 2. The van der Waals surface area contributed by atoms with Crippen molar-refractivity contribution in [3.05, 3.63) is 35.9 Å². The van der Waals surface area contributed by atoms with Crippen LogP contribution in [0.15, 0.2) is 30.3 Å². The Kier molecular flexibility index (Phi) is 8.79. The van der Waals surface area contributed by atoms with Gasteiger partial charge in [0.15, 0.2) is 0 Å². The van der Waals surface area contributed by atoms with E-state index in [1.54, 1.807) is 0 Å². The molecule has 2 rings (SSSR count). The Morgan fingerprint density at radius 2 is 1.74 bits per heavy atom. The Morgan fingerprint density at radius 1 is 1.07 bits per heavy atom. The van der Waals surface area contributed by atoms with Gasteiger partial charge in [0.05, 0.1) is 13.1 Å². The second-order valence-corrected chi connectivity index (χ2v) is 8.07. The summed E-state index contributed by atoms with van der Waals surface area (Å²) in [4.78, 5) is 28.3. The third kappa shape index (κ3) is 7.71. The van der Waals surface area contributed by atoms with Gasteiger partial charge in [-0.2, -0.15) is 0 Å². The summed E-state index contributed by atoms with van der Waals surface area (Å²) in [6.45, 7) is 5.81. The van der Waals surface area contributed by atoms with E-state index in [0.717, 1.165) is 24.4 Å². The minimum atomic E-state index is -0.370. The lowest BCUT2D eigenvalue weighted by molar-refractivity contribution is -0.135. The van der Waals surface area contributed by atoms with Gasteiger partial charge in [0.25, 0.3) is 0 Å². The fraction of sp³-hybridized carbons (Fsp3) is 0.636. The quantitative estimate of drug-likeness (QED) is 0.685. The normalized spacial score (nSPS) is 15.3. The molecule has 0 radical (unpaired) electrons. The van der Waals surface area contributed by atoms with Crippen LogP contribution in [-0.2, 0) is 16.1 Å². The summed E-state index contributed by atoms with van der Waals surface area (Å²) in [7, 11) is 0. The topological polar surface area (TPSA) is 66.6 Å². The third-order valence-corrected chi connectivity index (χ3v) is 5.46. The van der Waals surface area contributed by atoms with Gasteiger partial charge in [-0.3, -0.25) is 14.5 Å². The summed E-state index contributed by atoms with van der Waals surface area (Å²) in [5.41, 5.74) is 6.55. The maximum absolute atomic E-state index is 13.0. The zero-order chi connectivity index (χ0) is 19.6. The molecule has 0 aromatic heterocycles. The molecule has 2 N–H and O–H groups in total. The Hall–Kier alpha value is -1.88. The molecule has 2 amide bonds. The zero-order valence-electron chi connectivity index (χ0n) is 16.9. The molecule has 0 spiro atoms. The van der Waals surface area contributed by atoms with Crippen LogP contribution < -0.4 is 5.73 Å². The highest BCUT2D eigenvalue weighted by Crippen LogP contribution is 2.26. The van der Waals surface area contributed by atoms with E-state index in [0.29, 0.717) is 6.54 Å². The van der Waals surface area contributed by atoms with Crippen molar-refractivity contribution in [2.75, 3.05) is 19.6 Å². The Balaban J connectivity index is 1.95. The van der Waals surface area contributed by atoms with Crippen molar-refractivity contribution in [3.8, 4) is 0 Å². The molecule has 1 saturated carbocycles. The number of hydrogen-bond acceptors (Lipinski definition) is 3. The van der Waals surface area contributed by atoms with Crippen LogP contribution >= 0.6 is 0 Å². The monoisotopic (exact) mass is 373 g/mol. The molecule has 0 bridgehead atoms. The number of nitrogens with two attached hydrogens (primary N) is 1. The summed E-state index contributed by atoms with van der Waals surface area (Å²) < 4.78 is 0. The highest BCUT2D eigenvalue weighted by atomic mass is 16.2. The fourth-order valence-electron chi connectivity index (χ4n) is 3.90. The largest absolute Gasteiger partial charge is 0.369 e. The summed E-state index contributed by atoms with van der Waals surface area (Å²) in [5, 5.41) is 0. The molecule has 150 valence electrons. The first-order chi connectivity index (χ1) is 13.0. The molecule has 1 aromatic carbocycles. The van der Waals surface area contributed by atoms with Crippen molar-refractivity contribution in [2.45, 2.75) is 65.0 Å². The molecule has 5 heteroatoms. The zero-order valence-corrected chi connectivity index (χ0v) is 16.9. The number of amides is 2. The van der Waals surface area contributed by atoms with Crippen molar-refractivity contribution in [1.82, 2.24) is 9.80 Å². The number of nitrogens with zero attached hydrogens (tertiary/aromatic N) is 2. The molecule has 1 fully saturated rings. The van der Waals surface area contributed by atoms with Crippen molar-refractivity contribution < 1.29 is 9.59 Å². The number of rotatable bonds is 10. The van der Waals surface area contributed by atoms with Gasteiger partial charge in [0.1, 0.15) is 0 Å². The first-order valence-electron chi connectivity index (χ1n) is 10.3. The van der Waals surface area contributed by atoms with E-state index in [-0.39, 0.29) is 30.9 Å².